The number of rotatable bonds is 9. The van der Waals surface area contributed by atoms with Gasteiger partial charge in [0, 0.05) is 12.6 Å². The van der Waals surface area contributed by atoms with E-state index in [9.17, 15) is 8.78 Å². The molecule has 0 fully saturated rings. The molecule has 0 aliphatic carbocycles. The molecule has 0 aromatic carbocycles. The molecule has 0 aromatic rings. The van der Waals surface area contributed by atoms with Crippen LogP contribution < -0.4 is 5.73 Å². The Bertz CT molecular complexity index is 123. The highest BCUT2D eigenvalue weighted by atomic mass is 19.3. The van der Waals surface area contributed by atoms with Crippen LogP contribution in [-0.2, 0) is 4.74 Å². The van der Waals surface area contributed by atoms with E-state index in [0.717, 1.165) is 12.8 Å². The van der Waals surface area contributed by atoms with E-state index in [1.807, 2.05) is 0 Å². The topological polar surface area (TPSA) is 35.2 Å². The van der Waals surface area contributed by atoms with Crippen molar-refractivity contribution in [2.45, 2.75) is 51.5 Å². The Kier molecular flexibility index (Phi) is 9.19. The standard InChI is InChI=1S/C10H21F2NO/c1-2-3-4-5-9(13)6-7-14-8-10(11)12/h9-10H,2-8,13H2,1H3. The molecule has 86 valence electrons. The maximum atomic E-state index is 11.7. The fraction of sp³-hybridized carbons (Fsp3) is 1.00. The highest BCUT2D eigenvalue weighted by Gasteiger charge is 2.04. The molecule has 0 aliphatic rings. The SMILES string of the molecule is CCCCCC(N)CCOCC(F)F. The lowest BCUT2D eigenvalue weighted by Gasteiger charge is -2.11. The first-order chi connectivity index (χ1) is 6.66. The Morgan fingerprint density at radius 2 is 1.93 bits per heavy atom. The molecule has 2 nitrogen and oxygen atoms in total. The van der Waals surface area contributed by atoms with Gasteiger partial charge < -0.3 is 10.5 Å². The summed E-state index contributed by atoms with van der Waals surface area (Å²) in [5, 5.41) is 0. The molecule has 2 N–H and O–H groups in total. The van der Waals surface area contributed by atoms with Gasteiger partial charge in [0.25, 0.3) is 6.43 Å². The molecule has 0 saturated heterocycles. The molecule has 0 amide bonds. The normalized spacial score (nSPS) is 13.5. The summed E-state index contributed by atoms with van der Waals surface area (Å²) in [6.45, 7) is 2.01. The summed E-state index contributed by atoms with van der Waals surface area (Å²) < 4.78 is 28.0. The molecule has 0 radical (unpaired) electrons. The molecule has 0 saturated carbocycles. The van der Waals surface area contributed by atoms with E-state index < -0.39 is 13.0 Å². The molecule has 0 heterocycles. The van der Waals surface area contributed by atoms with Crippen LogP contribution in [0.5, 0.6) is 0 Å². The van der Waals surface area contributed by atoms with Crippen LogP contribution in [0.1, 0.15) is 39.0 Å². The van der Waals surface area contributed by atoms with E-state index in [1.54, 1.807) is 0 Å². The summed E-state index contributed by atoms with van der Waals surface area (Å²) in [4.78, 5) is 0. The van der Waals surface area contributed by atoms with Crippen molar-refractivity contribution in [3.05, 3.63) is 0 Å². The first kappa shape index (κ1) is 13.8. The highest BCUT2D eigenvalue weighted by Crippen LogP contribution is 2.04. The van der Waals surface area contributed by atoms with Crippen LogP contribution in [0.25, 0.3) is 0 Å². The Labute approximate surface area is 84.8 Å². The van der Waals surface area contributed by atoms with Crippen molar-refractivity contribution in [3.8, 4) is 0 Å². The predicted octanol–water partition coefficient (Wildman–Crippen LogP) is 2.57. The predicted molar refractivity (Wildman–Crippen MR) is 53.6 cm³/mol. The van der Waals surface area contributed by atoms with Gasteiger partial charge in [0.05, 0.1) is 0 Å². The summed E-state index contributed by atoms with van der Waals surface area (Å²) in [5.74, 6) is 0. The van der Waals surface area contributed by atoms with Gasteiger partial charge >= 0.3 is 0 Å². The van der Waals surface area contributed by atoms with Crippen molar-refractivity contribution in [2.24, 2.45) is 5.73 Å². The molecular formula is C10H21F2NO. The van der Waals surface area contributed by atoms with Crippen LogP contribution in [0, 0.1) is 0 Å². The highest BCUT2D eigenvalue weighted by molar-refractivity contribution is 4.60. The second-order valence-corrected chi connectivity index (χ2v) is 3.51. The van der Waals surface area contributed by atoms with Gasteiger partial charge in [0.2, 0.25) is 0 Å². The lowest BCUT2D eigenvalue weighted by Crippen LogP contribution is -2.22. The average molecular weight is 209 g/mol. The van der Waals surface area contributed by atoms with E-state index in [4.69, 9.17) is 10.5 Å². The molecule has 0 aromatic heterocycles. The second kappa shape index (κ2) is 9.34. The summed E-state index contributed by atoms with van der Waals surface area (Å²) >= 11 is 0. The van der Waals surface area contributed by atoms with Gasteiger partial charge in [-0.05, 0) is 12.8 Å². The third-order valence-corrected chi connectivity index (χ3v) is 2.06. The third kappa shape index (κ3) is 9.86. The van der Waals surface area contributed by atoms with Crippen LogP contribution in [-0.4, -0.2) is 25.7 Å². The zero-order valence-electron chi connectivity index (χ0n) is 8.85. The summed E-state index contributed by atoms with van der Waals surface area (Å²) in [7, 11) is 0. The van der Waals surface area contributed by atoms with Gasteiger partial charge in [-0.25, -0.2) is 8.78 Å². The number of hydrogen-bond acceptors (Lipinski definition) is 2. The van der Waals surface area contributed by atoms with Gasteiger partial charge in [0.15, 0.2) is 0 Å². The fourth-order valence-electron chi connectivity index (χ4n) is 1.21. The Balaban J connectivity index is 3.14. The van der Waals surface area contributed by atoms with Crippen LogP contribution in [0.15, 0.2) is 0 Å². The van der Waals surface area contributed by atoms with Crippen LogP contribution >= 0.6 is 0 Å². The Morgan fingerprint density at radius 1 is 1.21 bits per heavy atom. The maximum Gasteiger partial charge on any atom is 0.261 e. The van der Waals surface area contributed by atoms with Crippen molar-refractivity contribution in [1.29, 1.82) is 0 Å². The monoisotopic (exact) mass is 209 g/mol. The lowest BCUT2D eigenvalue weighted by atomic mass is 10.1. The lowest BCUT2D eigenvalue weighted by molar-refractivity contribution is 0.0150. The number of hydrogen-bond donors (Lipinski definition) is 1. The van der Waals surface area contributed by atoms with Crippen molar-refractivity contribution in [1.82, 2.24) is 0 Å². The van der Waals surface area contributed by atoms with Gasteiger partial charge in [-0.2, -0.15) is 0 Å². The van der Waals surface area contributed by atoms with E-state index in [0.29, 0.717) is 13.0 Å². The van der Waals surface area contributed by atoms with Crippen molar-refractivity contribution in [2.75, 3.05) is 13.2 Å². The van der Waals surface area contributed by atoms with E-state index in [2.05, 4.69) is 6.92 Å². The quantitative estimate of drug-likeness (QED) is 0.592. The van der Waals surface area contributed by atoms with E-state index >= 15 is 0 Å². The zero-order chi connectivity index (χ0) is 10.8. The van der Waals surface area contributed by atoms with Crippen LogP contribution in [0.4, 0.5) is 8.78 Å². The number of nitrogens with two attached hydrogens (primary N) is 1. The van der Waals surface area contributed by atoms with Crippen LogP contribution in [0.2, 0.25) is 0 Å². The maximum absolute atomic E-state index is 11.7. The molecule has 1 unspecified atom stereocenters. The number of ether oxygens (including phenoxy) is 1. The zero-order valence-corrected chi connectivity index (χ0v) is 8.85. The van der Waals surface area contributed by atoms with Gasteiger partial charge in [-0.1, -0.05) is 26.2 Å². The molecule has 1 atom stereocenters. The van der Waals surface area contributed by atoms with E-state index in [-0.39, 0.29) is 6.04 Å². The number of unbranched alkanes of at least 4 members (excludes halogenated alkanes) is 2. The number of halogens is 2. The molecule has 0 aliphatic heterocycles. The van der Waals surface area contributed by atoms with Crippen molar-refractivity contribution < 1.29 is 13.5 Å². The van der Waals surface area contributed by atoms with E-state index in [1.165, 1.54) is 12.8 Å². The first-order valence-electron chi connectivity index (χ1n) is 5.28. The van der Waals surface area contributed by atoms with Gasteiger partial charge in [0.1, 0.15) is 6.61 Å². The van der Waals surface area contributed by atoms with Gasteiger partial charge in [-0.3, -0.25) is 0 Å². The molecule has 14 heavy (non-hydrogen) atoms. The first-order valence-corrected chi connectivity index (χ1v) is 5.28. The second-order valence-electron chi connectivity index (χ2n) is 3.51. The minimum atomic E-state index is -2.37. The molecular weight excluding hydrogens is 188 g/mol. The van der Waals surface area contributed by atoms with Gasteiger partial charge in [-0.15, -0.1) is 0 Å². The van der Waals surface area contributed by atoms with Crippen molar-refractivity contribution >= 4 is 0 Å². The molecule has 0 spiro atoms. The molecule has 0 rings (SSSR count). The number of alkyl halides is 2. The minimum absolute atomic E-state index is 0.0965. The molecule has 4 heteroatoms. The summed E-state index contributed by atoms with van der Waals surface area (Å²) in [6.07, 6.45) is 2.75. The summed E-state index contributed by atoms with van der Waals surface area (Å²) in [6, 6.07) is 0.0965. The minimum Gasteiger partial charge on any atom is -0.375 e. The Morgan fingerprint density at radius 3 is 2.50 bits per heavy atom. The average Bonchev–Trinajstić information content (AvgIpc) is 2.13. The smallest absolute Gasteiger partial charge is 0.261 e. The Hall–Kier alpha value is -0.220. The largest absolute Gasteiger partial charge is 0.375 e. The fourth-order valence-corrected chi connectivity index (χ4v) is 1.21. The van der Waals surface area contributed by atoms with Crippen molar-refractivity contribution in [3.63, 3.8) is 0 Å². The van der Waals surface area contributed by atoms with Crippen LogP contribution in [0.3, 0.4) is 0 Å². The summed E-state index contributed by atoms with van der Waals surface area (Å²) in [5.41, 5.74) is 5.76. The molecule has 0 bridgehead atoms. The third-order valence-electron chi connectivity index (χ3n) is 2.06.